The number of aryl methyl sites for hydroxylation is 2. The van der Waals surface area contributed by atoms with Gasteiger partial charge in [-0.15, -0.1) is 0 Å². The molecule has 0 fully saturated rings. The van der Waals surface area contributed by atoms with Crippen molar-refractivity contribution in [1.29, 1.82) is 0 Å². The number of nitrogens with zero attached hydrogens (tertiary/aromatic N) is 1. The Morgan fingerprint density at radius 1 is 1.10 bits per heavy atom. The Morgan fingerprint density at radius 2 is 1.77 bits per heavy atom. The van der Waals surface area contributed by atoms with Crippen LogP contribution in [-0.4, -0.2) is 43.1 Å². The number of quaternary nitrogens is 1. The molecule has 0 bridgehead atoms. The first kappa shape index (κ1) is 21.9. The van der Waals surface area contributed by atoms with Crippen LogP contribution >= 0.6 is 11.6 Å². The fourth-order valence-electron chi connectivity index (χ4n) is 3.29. The molecule has 2 aromatic carbocycles. The quantitative estimate of drug-likeness (QED) is 0.566. The zero-order chi connectivity index (χ0) is 21.8. The number of hydrogen-bond acceptors (Lipinski definition) is 2. The molecule has 0 saturated carbocycles. The van der Waals surface area contributed by atoms with Gasteiger partial charge in [0.2, 0.25) is 0 Å². The van der Waals surface area contributed by atoms with Gasteiger partial charge < -0.3 is 20.1 Å². The second-order valence-corrected chi connectivity index (χ2v) is 8.36. The highest BCUT2D eigenvalue weighted by Crippen LogP contribution is 2.20. The zero-order valence-corrected chi connectivity index (χ0v) is 18.6. The summed E-state index contributed by atoms with van der Waals surface area (Å²) in [6.07, 6.45) is 0. The number of pyridine rings is 1. The van der Waals surface area contributed by atoms with E-state index in [-0.39, 0.29) is 18.1 Å². The van der Waals surface area contributed by atoms with Crippen LogP contribution in [0.15, 0.2) is 47.3 Å². The van der Waals surface area contributed by atoms with Crippen LogP contribution in [0.25, 0.3) is 10.9 Å². The van der Waals surface area contributed by atoms with E-state index in [9.17, 15) is 9.59 Å². The molecule has 1 heterocycles. The van der Waals surface area contributed by atoms with Crippen LogP contribution in [0.1, 0.15) is 16.7 Å². The zero-order valence-electron chi connectivity index (χ0n) is 17.8. The second kappa shape index (κ2) is 9.32. The predicted octanol–water partition coefficient (Wildman–Crippen LogP) is 2.98. The molecule has 0 atom stereocenters. The summed E-state index contributed by atoms with van der Waals surface area (Å²) in [6, 6.07) is 12.7. The van der Waals surface area contributed by atoms with E-state index in [2.05, 4.69) is 10.3 Å². The van der Waals surface area contributed by atoms with Crippen LogP contribution in [0.3, 0.4) is 0 Å². The monoisotopic (exact) mass is 427 g/mol. The second-order valence-electron chi connectivity index (χ2n) is 7.93. The summed E-state index contributed by atoms with van der Waals surface area (Å²) >= 11 is 5.93. The van der Waals surface area contributed by atoms with Crippen molar-refractivity contribution in [3.63, 3.8) is 0 Å². The van der Waals surface area contributed by atoms with E-state index in [0.29, 0.717) is 22.8 Å². The van der Waals surface area contributed by atoms with Gasteiger partial charge in [0.1, 0.15) is 0 Å². The van der Waals surface area contributed by atoms with Gasteiger partial charge in [-0.3, -0.25) is 4.79 Å². The van der Waals surface area contributed by atoms with Crippen LogP contribution in [0.4, 0.5) is 10.5 Å². The molecule has 3 aromatic rings. The number of nitrogens with one attached hydrogen (secondary N) is 3. The molecule has 0 spiro atoms. The lowest BCUT2D eigenvalue weighted by Crippen LogP contribution is -3.06. The number of hydrogen-bond donors (Lipinski definition) is 3. The van der Waals surface area contributed by atoms with E-state index < -0.39 is 0 Å². The summed E-state index contributed by atoms with van der Waals surface area (Å²) in [4.78, 5) is 31.6. The van der Waals surface area contributed by atoms with Crippen molar-refractivity contribution >= 4 is 34.2 Å². The normalized spacial score (nSPS) is 11.1. The summed E-state index contributed by atoms with van der Waals surface area (Å²) in [7, 11) is 4.06. The molecule has 0 saturated heterocycles. The number of H-pyrrole nitrogens is 1. The van der Waals surface area contributed by atoms with Crippen molar-refractivity contribution in [2.45, 2.75) is 20.4 Å². The van der Waals surface area contributed by atoms with Crippen LogP contribution in [0, 0.1) is 13.8 Å². The minimum atomic E-state index is -0.251. The maximum atomic E-state index is 13.0. The first-order valence-electron chi connectivity index (χ1n) is 9.97. The van der Waals surface area contributed by atoms with Gasteiger partial charge in [-0.05, 0) is 55.3 Å². The van der Waals surface area contributed by atoms with Crippen LogP contribution in [-0.2, 0) is 6.54 Å². The number of urea groups is 1. The molecule has 158 valence electrons. The molecule has 0 unspecified atom stereocenters. The third-order valence-electron chi connectivity index (χ3n) is 5.15. The van der Waals surface area contributed by atoms with Crippen molar-refractivity contribution in [3.8, 4) is 0 Å². The SMILES string of the molecule is Cc1ccc(C)c2[nH]c(=O)c(CN(CC[NH+](C)C)C(=O)Nc3ccc(Cl)cc3)cc12. The standard InChI is InChI=1S/C23H27ClN4O2/c1-15-5-6-16(2)21-20(15)13-17(22(29)26-21)14-28(12-11-27(3)4)23(30)25-19-9-7-18(24)8-10-19/h5-10,13H,11-12,14H2,1-4H3,(H,25,30)(H,26,29)/p+1. The number of rotatable bonds is 6. The molecule has 0 aliphatic rings. The number of amides is 2. The van der Waals surface area contributed by atoms with Gasteiger partial charge in [0, 0.05) is 21.7 Å². The van der Waals surface area contributed by atoms with E-state index in [1.165, 1.54) is 4.90 Å². The lowest BCUT2D eigenvalue weighted by Gasteiger charge is -2.24. The summed E-state index contributed by atoms with van der Waals surface area (Å²) in [5, 5.41) is 4.50. The maximum Gasteiger partial charge on any atom is 0.322 e. The van der Waals surface area contributed by atoms with Crippen LogP contribution in [0.2, 0.25) is 5.02 Å². The highest BCUT2D eigenvalue weighted by molar-refractivity contribution is 6.30. The number of carbonyl (C=O) groups is 1. The molecule has 30 heavy (non-hydrogen) atoms. The number of aromatic amines is 1. The molecule has 6 nitrogen and oxygen atoms in total. The lowest BCUT2D eigenvalue weighted by molar-refractivity contribution is -0.857. The number of anilines is 1. The van der Waals surface area contributed by atoms with Crippen molar-refractivity contribution in [2.24, 2.45) is 0 Å². The lowest BCUT2D eigenvalue weighted by atomic mass is 10.0. The number of fused-ring (bicyclic) bond motifs is 1. The minimum Gasteiger partial charge on any atom is -0.338 e. The van der Waals surface area contributed by atoms with E-state index in [4.69, 9.17) is 11.6 Å². The third-order valence-corrected chi connectivity index (χ3v) is 5.40. The van der Waals surface area contributed by atoms with Gasteiger partial charge in [0.25, 0.3) is 5.56 Å². The molecule has 3 N–H and O–H groups in total. The Morgan fingerprint density at radius 3 is 2.43 bits per heavy atom. The van der Waals surface area contributed by atoms with E-state index in [1.807, 2.05) is 46.1 Å². The summed E-state index contributed by atoms with van der Waals surface area (Å²) < 4.78 is 0. The van der Waals surface area contributed by atoms with Crippen molar-refractivity contribution in [2.75, 3.05) is 32.5 Å². The molecule has 0 aliphatic heterocycles. The van der Waals surface area contributed by atoms with Gasteiger partial charge in [-0.1, -0.05) is 23.7 Å². The molecule has 1 aromatic heterocycles. The van der Waals surface area contributed by atoms with Gasteiger partial charge in [0.15, 0.2) is 0 Å². The molecule has 2 amide bonds. The molecule has 0 radical (unpaired) electrons. The number of aromatic nitrogens is 1. The highest BCUT2D eigenvalue weighted by Gasteiger charge is 2.18. The largest absolute Gasteiger partial charge is 0.338 e. The molecular formula is C23H28ClN4O2+. The number of benzene rings is 2. The van der Waals surface area contributed by atoms with E-state index >= 15 is 0 Å². The first-order valence-corrected chi connectivity index (χ1v) is 10.3. The van der Waals surface area contributed by atoms with Gasteiger partial charge >= 0.3 is 6.03 Å². The first-order chi connectivity index (χ1) is 14.2. The van der Waals surface area contributed by atoms with Crippen molar-refractivity contribution in [3.05, 3.63) is 74.5 Å². The Kier molecular flexibility index (Phi) is 6.80. The Labute approximate surface area is 181 Å². The van der Waals surface area contributed by atoms with E-state index in [1.54, 1.807) is 29.2 Å². The van der Waals surface area contributed by atoms with Crippen LogP contribution < -0.4 is 15.8 Å². The average molecular weight is 428 g/mol. The summed E-state index contributed by atoms with van der Waals surface area (Å²) in [6.45, 7) is 5.50. The predicted molar refractivity (Wildman–Crippen MR) is 123 cm³/mol. The fraction of sp³-hybridized carbons (Fsp3) is 0.304. The topological polar surface area (TPSA) is 69.6 Å². The van der Waals surface area contributed by atoms with Gasteiger partial charge in [-0.2, -0.15) is 0 Å². The van der Waals surface area contributed by atoms with Crippen molar-refractivity contribution in [1.82, 2.24) is 9.88 Å². The van der Waals surface area contributed by atoms with Crippen LogP contribution in [0.5, 0.6) is 0 Å². The maximum absolute atomic E-state index is 13.0. The Bertz CT molecular complexity index is 1110. The Balaban J connectivity index is 1.89. The smallest absolute Gasteiger partial charge is 0.322 e. The number of halogens is 1. The number of likely N-dealkylation sites (N-methyl/N-ethyl adjacent to an activating group) is 1. The number of carbonyl (C=O) groups excluding carboxylic acids is 1. The van der Waals surface area contributed by atoms with Gasteiger partial charge in [-0.25, -0.2) is 4.79 Å². The average Bonchev–Trinajstić information content (AvgIpc) is 2.70. The Hall–Kier alpha value is -2.83. The van der Waals surface area contributed by atoms with E-state index in [0.717, 1.165) is 28.6 Å². The molecular weight excluding hydrogens is 400 g/mol. The molecule has 7 heteroatoms. The molecule has 3 rings (SSSR count). The summed E-state index contributed by atoms with van der Waals surface area (Å²) in [5.74, 6) is 0. The summed E-state index contributed by atoms with van der Waals surface area (Å²) in [5.41, 5.74) is 4.01. The fourth-order valence-corrected chi connectivity index (χ4v) is 3.41. The van der Waals surface area contributed by atoms with Crippen molar-refractivity contribution < 1.29 is 9.69 Å². The molecule has 0 aliphatic carbocycles. The minimum absolute atomic E-state index is 0.169. The third kappa shape index (κ3) is 5.20. The highest BCUT2D eigenvalue weighted by atomic mass is 35.5. The van der Waals surface area contributed by atoms with Gasteiger partial charge in [0.05, 0.1) is 39.2 Å².